The molecule has 1 aliphatic heterocycles. The first-order valence-corrected chi connectivity index (χ1v) is 6.47. The van der Waals surface area contributed by atoms with Gasteiger partial charge >= 0.3 is 5.97 Å². The van der Waals surface area contributed by atoms with Gasteiger partial charge in [0.05, 0.1) is 22.6 Å². The van der Waals surface area contributed by atoms with Crippen molar-refractivity contribution in [1.82, 2.24) is 4.98 Å². The lowest BCUT2D eigenvalue weighted by Gasteiger charge is -1.99. The first-order valence-electron chi connectivity index (χ1n) is 5.25. The van der Waals surface area contributed by atoms with Gasteiger partial charge in [-0.25, -0.2) is 4.98 Å². The summed E-state index contributed by atoms with van der Waals surface area (Å²) >= 11 is 6.63. The summed E-state index contributed by atoms with van der Waals surface area (Å²) in [6, 6.07) is 6.14. The summed E-state index contributed by atoms with van der Waals surface area (Å²) in [6.07, 6.45) is 0.317. The van der Waals surface area contributed by atoms with Gasteiger partial charge in [0.15, 0.2) is 5.05 Å². The molecule has 1 atom stereocenters. The number of fused-ring (bicyclic) bond motifs is 1. The molecule has 0 amide bonds. The Morgan fingerprint density at radius 3 is 3.06 bits per heavy atom. The van der Waals surface area contributed by atoms with Crippen LogP contribution in [0.1, 0.15) is 22.9 Å². The Bertz CT molecular complexity index is 632. The highest BCUT2D eigenvalue weighted by atomic mass is 32.1. The molecule has 0 bridgehead atoms. The maximum Gasteiger partial charge on any atom is 0.312 e. The van der Waals surface area contributed by atoms with Gasteiger partial charge in [0.1, 0.15) is 5.01 Å². The molecule has 1 aromatic heterocycles. The molecule has 0 radical (unpaired) electrons. The van der Waals surface area contributed by atoms with Crippen molar-refractivity contribution in [3.63, 3.8) is 0 Å². The summed E-state index contributed by atoms with van der Waals surface area (Å²) in [5, 5.41) is 1.23. The summed E-state index contributed by atoms with van der Waals surface area (Å²) in [6.45, 7) is 2.03. The smallest absolute Gasteiger partial charge is 0.312 e. The van der Waals surface area contributed by atoms with Gasteiger partial charge in [0, 0.05) is 0 Å². The number of thiocarbonyl (C=S) groups is 1. The molecule has 0 spiro atoms. The van der Waals surface area contributed by atoms with Crippen LogP contribution in [0.25, 0.3) is 10.2 Å². The fraction of sp³-hybridized carbons (Fsp3) is 0.250. The van der Waals surface area contributed by atoms with E-state index in [9.17, 15) is 4.79 Å². The number of esters is 1. The van der Waals surface area contributed by atoms with Crippen LogP contribution in [0.4, 0.5) is 0 Å². The molecule has 1 saturated heterocycles. The van der Waals surface area contributed by atoms with E-state index in [4.69, 9.17) is 17.0 Å². The van der Waals surface area contributed by atoms with Crippen LogP contribution in [0.3, 0.4) is 0 Å². The minimum Gasteiger partial charge on any atom is -0.418 e. The third-order valence-electron chi connectivity index (χ3n) is 2.73. The zero-order valence-electron chi connectivity index (χ0n) is 9.10. The van der Waals surface area contributed by atoms with Crippen molar-refractivity contribution in [2.24, 2.45) is 0 Å². The Balaban J connectivity index is 2.06. The molecule has 5 heteroatoms. The number of aryl methyl sites for hydroxylation is 1. The maximum atomic E-state index is 11.2. The van der Waals surface area contributed by atoms with E-state index in [1.807, 2.05) is 19.1 Å². The van der Waals surface area contributed by atoms with Gasteiger partial charge in [0.2, 0.25) is 0 Å². The van der Waals surface area contributed by atoms with E-state index in [0.717, 1.165) is 15.2 Å². The molecule has 3 rings (SSSR count). The topological polar surface area (TPSA) is 39.2 Å². The summed E-state index contributed by atoms with van der Waals surface area (Å²) < 4.78 is 6.03. The second-order valence-corrected chi connectivity index (χ2v) is 5.54. The van der Waals surface area contributed by atoms with Crippen molar-refractivity contribution in [2.75, 3.05) is 0 Å². The van der Waals surface area contributed by atoms with Gasteiger partial charge in [0.25, 0.3) is 0 Å². The van der Waals surface area contributed by atoms with Crippen LogP contribution in [0.2, 0.25) is 0 Å². The lowest BCUT2D eigenvalue weighted by atomic mass is 10.1. The molecule has 2 heterocycles. The predicted molar refractivity (Wildman–Crippen MR) is 70.4 cm³/mol. The van der Waals surface area contributed by atoms with E-state index in [1.54, 1.807) is 11.3 Å². The standard InChI is InChI=1S/C12H9NO2S2/c1-6-2-3-9-8(4-6)13-11(17-9)7-5-10(14)15-12(7)16/h2-4,7H,5H2,1H3. The molecule has 1 unspecified atom stereocenters. The SMILES string of the molecule is Cc1ccc2sc(C3CC(=O)OC3=S)nc2c1. The molecular weight excluding hydrogens is 254 g/mol. The van der Waals surface area contributed by atoms with E-state index >= 15 is 0 Å². The van der Waals surface area contributed by atoms with Gasteiger partial charge in [-0.05, 0) is 36.8 Å². The van der Waals surface area contributed by atoms with E-state index in [0.29, 0.717) is 11.5 Å². The number of thiazole rings is 1. The molecule has 86 valence electrons. The minimum atomic E-state index is -0.254. The number of cyclic esters (lactones) is 1. The Morgan fingerprint density at radius 2 is 2.35 bits per heavy atom. The number of rotatable bonds is 1. The summed E-state index contributed by atoms with van der Waals surface area (Å²) in [4.78, 5) is 15.7. The summed E-state index contributed by atoms with van der Waals surface area (Å²) in [5.74, 6) is -0.398. The van der Waals surface area contributed by atoms with Gasteiger partial charge in [-0.1, -0.05) is 6.07 Å². The van der Waals surface area contributed by atoms with Crippen LogP contribution < -0.4 is 0 Å². The minimum absolute atomic E-state index is 0.143. The van der Waals surface area contributed by atoms with Gasteiger partial charge in [-0.15, -0.1) is 11.3 Å². The third kappa shape index (κ3) is 1.85. The van der Waals surface area contributed by atoms with E-state index in [1.165, 1.54) is 5.56 Å². The zero-order chi connectivity index (χ0) is 12.0. The maximum absolute atomic E-state index is 11.2. The Kier molecular flexibility index (Phi) is 2.45. The number of hydrogen-bond acceptors (Lipinski definition) is 5. The molecule has 1 aromatic carbocycles. The number of aromatic nitrogens is 1. The van der Waals surface area contributed by atoms with Gasteiger partial charge in [-0.3, -0.25) is 4.79 Å². The molecule has 17 heavy (non-hydrogen) atoms. The monoisotopic (exact) mass is 263 g/mol. The highest BCUT2D eigenvalue weighted by molar-refractivity contribution is 7.80. The highest BCUT2D eigenvalue weighted by Gasteiger charge is 2.33. The molecule has 3 nitrogen and oxygen atoms in total. The lowest BCUT2D eigenvalue weighted by molar-refractivity contribution is -0.132. The fourth-order valence-corrected chi connectivity index (χ4v) is 3.28. The van der Waals surface area contributed by atoms with Crippen molar-refractivity contribution in [3.8, 4) is 0 Å². The predicted octanol–water partition coefficient (Wildman–Crippen LogP) is 2.96. The van der Waals surface area contributed by atoms with E-state index in [2.05, 4.69) is 11.1 Å². The molecule has 0 saturated carbocycles. The molecule has 2 aromatic rings. The average Bonchev–Trinajstić information content (AvgIpc) is 2.80. The quantitative estimate of drug-likeness (QED) is 0.586. The fourth-order valence-electron chi connectivity index (χ4n) is 1.87. The van der Waals surface area contributed by atoms with Crippen LogP contribution >= 0.6 is 23.6 Å². The van der Waals surface area contributed by atoms with Gasteiger partial charge in [-0.2, -0.15) is 0 Å². The van der Waals surface area contributed by atoms with Crippen LogP contribution in [-0.4, -0.2) is 16.0 Å². The lowest BCUT2D eigenvalue weighted by Crippen LogP contribution is -2.02. The van der Waals surface area contributed by atoms with Crippen LogP contribution in [0.5, 0.6) is 0 Å². The Labute approximate surface area is 107 Å². The van der Waals surface area contributed by atoms with Crippen molar-refractivity contribution in [3.05, 3.63) is 28.8 Å². The van der Waals surface area contributed by atoms with Crippen molar-refractivity contribution in [1.29, 1.82) is 0 Å². The van der Waals surface area contributed by atoms with Crippen molar-refractivity contribution in [2.45, 2.75) is 19.3 Å². The third-order valence-corrected chi connectivity index (χ3v) is 4.25. The zero-order valence-corrected chi connectivity index (χ0v) is 10.7. The first kappa shape index (κ1) is 10.8. The average molecular weight is 263 g/mol. The Morgan fingerprint density at radius 1 is 1.53 bits per heavy atom. The van der Waals surface area contributed by atoms with Crippen molar-refractivity contribution < 1.29 is 9.53 Å². The number of carbonyl (C=O) groups excluding carboxylic acids is 1. The number of nitrogens with zero attached hydrogens (tertiary/aromatic N) is 1. The second-order valence-electron chi connectivity index (χ2n) is 4.07. The number of carbonyl (C=O) groups is 1. The van der Waals surface area contributed by atoms with Crippen LogP contribution in [0, 0.1) is 6.92 Å². The number of ether oxygens (including phenoxy) is 1. The van der Waals surface area contributed by atoms with Crippen molar-refractivity contribution >= 4 is 44.8 Å². The van der Waals surface area contributed by atoms with Gasteiger partial charge < -0.3 is 4.74 Å². The van der Waals surface area contributed by atoms with Crippen LogP contribution in [0.15, 0.2) is 18.2 Å². The summed E-state index contributed by atoms with van der Waals surface area (Å²) in [7, 11) is 0. The molecule has 1 fully saturated rings. The Hall–Kier alpha value is -1.33. The van der Waals surface area contributed by atoms with E-state index < -0.39 is 0 Å². The molecular formula is C12H9NO2S2. The van der Waals surface area contributed by atoms with E-state index in [-0.39, 0.29) is 11.9 Å². The summed E-state index contributed by atoms with van der Waals surface area (Å²) in [5.41, 5.74) is 2.14. The normalized spacial score (nSPS) is 19.9. The molecule has 0 N–H and O–H groups in total. The second kappa shape index (κ2) is 3.85. The number of benzene rings is 1. The molecule has 1 aliphatic rings. The number of hydrogen-bond donors (Lipinski definition) is 0. The highest BCUT2D eigenvalue weighted by Crippen LogP contribution is 2.34. The molecule has 0 aliphatic carbocycles. The first-order chi connectivity index (χ1) is 8.13. The van der Waals surface area contributed by atoms with Crippen LogP contribution in [-0.2, 0) is 9.53 Å². The largest absolute Gasteiger partial charge is 0.418 e.